The number of aryl methyl sites for hydroxylation is 1. The van der Waals surface area contributed by atoms with E-state index >= 15 is 0 Å². The number of hydrogen-bond acceptors (Lipinski definition) is 3. The number of aliphatic imine (C=N–C) groups is 1. The Bertz CT molecular complexity index is 883. The maximum atomic E-state index is 11.9. The quantitative estimate of drug-likeness (QED) is 0.337. The molecule has 0 amide bonds. The SMILES string of the molecule is CCc1ccc(CN(C)C(=NC)NCc2cccc(S(=O)(=O)NC)c2)cc1.I. The van der Waals surface area contributed by atoms with E-state index in [2.05, 4.69) is 46.2 Å². The maximum Gasteiger partial charge on any atom is 0.240 e. The first-order valence-corrected chi connectivity index (χ1v) is 10.4. The smallest absolute Gasteiger partial charge is 0.240 e. The minimum atomic E-state index is -3.45. The monoisotopic (exact) mass is 516 g/mol. The third-order valence-corrected chi connectivity index (χ3v) is 5.76. The Kier molecular flexibility index (Phi) is 9.91. The van der Waals surface area contributed by atoms with Crippen LogP contribution in [-0.4, -0.2) is 40.4 Å². The second-order valence-corrected chi connectivity index (χ2v) is 8.17. The highest BCUT2D eigenvalue weighted by atomic mass is 127. The summed E-state index contributed by atoms with van der Waals surface area (Å²) < 4.78 is 26.2. The molecule has 0 aliphatic heterocycles. The Balaban J connectivity index is 0.00000392. The number of rotatable bonds is 7. The molecule has 28 heavy (non-hydrogen) atoms. The van der Waals surface area contributed by atoms with E-state index in [1.54, 1.807) is 25.2 Å². The van der Waals surface area contributed by atoms with Gasteiger partial charge in [-0.15, -0.1) is 24.0 Å². The highest BCUT2D eigenvalue weighted by Crippen LogP contribution is 2.11. The van der Waals surface area contributed by atoms with Crippen LogP contribution in [0.25, 0.3) is 0 Å². The molecular formula is C20H29IN4O2S. The summed E-state index contributed by atoms with van der Waals surface area (Å²) in [7, 11) is 1.67. The van der Waals surface area contributed by atoms with Gasteiger partial charge in [-0.05, 0) is 42.3 Å². The second-order valence-electron chi connectivity index (χ2n) is 6.28. The average Bonchev–Trinajstić information content (AvgIpc) is 2.69. The van der Waals surface area contributed by atoms with Crippen molar-refractivity contribution in [2.45, 2.75) is 31.3 Å². The van der Waals surface area contributed by atoms with Crippen molar-refractivity contribution in [2.75, 3.05) is 21.1 Å². The summed E-state index contributed by atoms with van der Waals surface area (Å²) >= 11 is 0. The number of nitrogens with one attached hydrogen (secondary N) is 2. The van der Waals surface area contributed by atoms with Crippen LogP contribution in [0.5, 0.6) is 0 Å². The van der Waals surface area contributed by atoms with Gasteiger partial charge in [0.25, 0.3) is 0 Å². The summed E-state index contributed by atoms with van der Waals surface area (Å²) in [5.41, 5.74) is 3.40. The number of sulfonamides is 1. The normalized spacial score (nSPS) is 11.6. The van der Waals surface area contributed by atoms with E-state index in [4.69, 9.17) is 0 Å². The van der Waals surface area contributed by atoms with E-state index in [1.165, 1.54) is 18.2 Å². The lowest BCUT2D eigenvalue weighted by atomic mass is 10.1. The number of nitrogens with zero attached hydrogens (tertiary/aromatic N) is 2. The molecule has 0 fully saturated rings. The van der Waals surface area contributed by atoms with E-state index in [0.717, 1.165) is 24.5 Å². The molecule has 0 atom stereocenters. The topological polar surface area (TPSA) is 73.8 Å². The molecule has 8 heteroatoms. The minimum absolute atomic E-state index is 0. The molecule has 2 aromatic carbocycles. The molecule has 0 heterocycles. The van der Waals surface area contributed by atoms with Gasteiger partial charge in [-0.2, -0.15) is 0 Å². The first-order valence-electron chi connectivity index (χ1n) is 8.91. The first-order chi connectivity index (χ1) is 12.9. The van der Waals surface area contributed by atoms with Gasteiger partial charge in [0.05, 0.1) is 4.90 Å². The zero-order valence-electron chi connectivity index (χ0n) is 16.8. The van der Waals surface area contributed by atoms with Crippen molar-refractivity contribution in [3.63, 3.8) is 0 Å². The van der Waals surface area contributed by atoms with Gasteiger partial charge >= 0.3 is 0 Å². The lowest BCUT2D eigenvalue weighted by Gasteiger charge is -2.22. The van der Waals surface area contributed by atoms with Crippen LogP contribution in [0.15, 0.2) is 58.4 Å². The Hall–Kier alpha value is -1.65. The average molecular weight is 516 g/mol. The van der Waals surface area contributed by atoms with Crippen LogP contribution in [0.2, 0.25) is 0 Å². The first kappa shape index (κ1) is 24.4. The minimum Gasteiger partial charge on any atom is -0.352 e. The van der Waals surface area contributed by atoms with Crippen molar-refractivity contribution >= 4 is 40.0 Å². The number of guanidine groups is 1. The molecule has 0 aliphatic carbocycles. The van der Waals surface area contributed by atoms with Crippen LogP contribution in [0.4, 0.5) is 0 Å². The van der Waals surface area contributed by atoms with Gasteiger partial charge in [-0.3, -0.25) is 4.99 Å². The van der Waals surface area contributed by atoms with Crippen LogP contribution in [0.1, 0.15) is 23.6 Å². The lowest BCUT2D eigenvalue weighted by Crippen LogP contribution is -2.38. The molecule has 2 N–H and O–H groups in total. The van der Waals surface area contributed by atoms with Crippen LogP contribution >= 0.6 is 24.0 Å². The van der Waals surface area contributed by atoms with E-state index in [-0.39, 0.29) is 28.9 Å². The zero-order valence-corrected chi connectivity index (χ0v) is 19.9. The number of halogens is 1. The maximum absolute atomic E-state index is 11.9. The molecule has 0 saturated heterocycles. The van der Waals surface area contributed by atoms with Crippen molar-refractivity contribution in [3.05, 3.63) is 65.2 Å². The molecular weight excluding hydrogens is 487 g/mol. The molecule has 154 valence electrons. The molecule has 0 spiro atoms. The summed E-state index contributed by atoms with van der Waals surface area (Å²) in [6.45, 7) is 3.36. The molecule has 0 radical (unpaired) electrons. The Morgan fingerprint density at radius 1 is 1.07 bits per heavy atom. The van der Waals surface area contributed by atoms with Gasteiger partial charge in [-0.25, -0.2) is 13.1 Å². The summed E-state index contributed by atoms with van der Waals surface area (Å²) in [6.07, 6.45) is 1.03. The predicted octanol–water partition coefficient (Wildman–Crippen LogP) is 2.98. The molecule has 0 saturated carbocycles. The third kappa shape index (κ3) is 6.75. The van der Waals surface area contributed by atoms with E-state index in [9.17, 15) is 8.42 Å². The van der Waals surface area contributed by atoms with Gasteiger partial charge in [0.15, 0.2) is 5.96 Å². The standard InChI is InChI=1S/C20H28N4O2S.HI/c1-5-16-9-11-17(12-10-16)15-24(4)20(21-2)23-14-18-7-6-8-19(13-18)27(25,26)22-3;/h6-13,22H,5,14-15H2,1-4H3,(H,21,23);1H. The van der Waals surface area contributed by atoms with Crippen molar-refractivity contribution in [1.29, 1.82) is 0 Å². The van der Waals surface area contributed by atoms with Gasteiger partial charge < -0.3 is 10.2 Å². The van der Waals surface area contributed by atoms with Crippen molar-refractivity contribution in [2.24, 2.45) is 4.99 Å². The second kappa shape index (κ2) is 11.4. The molecule has 2 aromatic rings. The molecule has 6 nitrogen and oxygen atoms in total. The van der Waals surface area contributed by atoms with Crippen LogP contribution in [-0.2, 0) is 29.5 Å². The molecule has 0 aromatic heterocycles. The zero-order chi connectivity index (χ0) is 19.9. The highest BCUT2D eigenvalue weighted by Gasteiger charge is 2.12. The number of hydrogen-bond donors (Lipinski definition) is 2. The van der Waals surface area contributed by atoms with Crippen molar-refractivity contribution in [3.8, 4) is 0 Å². The summed E-state index contributed by atoms with van der Waals surface area (Å²) in [5.74, 6) is 0.747. The van der Waals surface area contributed by atoms with Gasteiger partial charge in [0.1, 0.15) is 0 Å². The van der Waals surface area contributed by atoms with E-state index < -0.39 is 10.0 Å². The van der Waals surface area contributed by atoms with Gasteiger partial charge in [0, 0.05) is 27.2 Å². The molecule has 0 bridgehead atoms. The molecule has 2 rings (SSSR count). The fourth-order valence-electron chi connectivity index (χ4n) is 2.74. The van der Waals surface area contributed by atoms with Crippen LogP contribution < -0.4 is 10.0 Å². The number of benzene rings is 2. The Morgan fingerprint density at radius 2 is 1.71 bits per heavy atom. The van der Waals surface area contributed by atoms with Gasteiger partial charge in [-0.1, -0.05) is 43.3 Å². The molecule has 0 unspecified atom stereocenters. The van der Waals surface area contributed by atoms with Crippen molar-refractivity contribution < 1.29 is 8.42 Å². The van der Waals surface area contributed by atoms with Crippen LogP contribution in [0.3, 0.4) is 0 Å². The summed E-state index contributed by atoms with van der Waals surface area (Å²) in [5, 5.41) is 3.29. The van der Waals surface area contributed by atoms with E-state index in [0.29, 0.717) is 6.54 Å². The fraction of sp³-hybridized carbons (Fsp3) is 0.350. The Morgan fingerprint density at radius 3 is 2.29 bits per heavy atom. The highest BCUT2D eigenvalue weighted by molar-refractivity contribution is 14.0. The van der Waals surface area contributed by atoms with Crippen molar-refractivity contribution in [1.82, 2.24) is 14.9 Å². The van der Waals surface area contributed by atoms with E-state index in [1.807, 2.05) is 18.0 Å². The van der Waals surface area contributed by atoms with Gasteiger partial charge in [0.2, 0.25) is 10.0 Å². The fourth-order valence-corrected chi connectivity index (χ4v) is 3.54. The predicted molar refractivity (Wildman–Crippen MR) is 126 cm³/mol. The third-order valence-electron chi connectivity index (χ3n) is 4.35. The Labute approximate surface area is 185 Å². The summed E-state index contributed by atoms with van der Waals surface area (Å²) in [6, 6.07) is 15.4. The summed E-state index contributed by atoms with van der Waals surface area (Å²) in [4.78, 5) is 6.61. The molecule has 0 aliphatic rings. The largest absolute Gasteiger partial charge is 0.352 e. The lowest BCUT2D eigenvalue weighted by molar-refractivity contribution is 0.476. The van der Waals surface area contributed by atoms with Crippen LogP contribution in [0, 0.1) is 0 Å².